The van der Waals surface area contributed by atoms with E-state index in [9.17, 15) is 23.5 Å². The van der Waals surface area contributed by atoms with Crippen molar-refractivity contribution in [3.63, 3.8) is 0 Å². The van der Waals surface area contributed by atoms with Crippen LogP contribution in [0.4, 0.5) is 8.78 Å². The fraction of sp³-hybridized carbons (Fsp3) is 0.333. The molecule has 0 bridgehead atoms. The lowest BCUT2D eigenvalue weighted by Gasteiger charge is -2.25. The van der Waals surface area contributed by atoms with Crippen molar-refractivity contribution < 1.29 is 23.5 Å². The molecule has 2 amide bonds. The molecule has 0 saturated carbocycles. The van der Waals surface area contributed by atoms with E-state index in [4.69, 9.17) is 0 Å². The summed E-state index contributed by atoms with van der Waals surface area (Å²) in [5.41, 5.74) is 1.63. The van der Waals surface area contributed by atoms with Crippen molar-refractivity contribution in [2.45, 2.75) is 32.4 Å². The van der Waals surface area contributed by atoms with Gasteiger partial charge in [0.2, 0.25) is 0 Å². The highest BCUT2D eigenvalue weighted by molar-refractivity contribution is 5.96. The standard InChI is InChI=1S/C21H22F2N2O3/c1-12-3-14(7-16(22)5-12)20(27)24-10-18-9-19(26)11-25(18)21(28)15-4-13(2)6-17(23)8-15/h3-8,18-19,26H,9-11H2,1-2H3,(H,24,27)/t18-,19-/m1/s1. The van der Waals surface area contributed by atoms with Crippen molar-refractivity contribution in [1.82, 2.24) is 10.2 Å². The third-order valence-electron chi connectivity index (χ3n) is 4.74. The average molecular weight is 388 g/mol. The first-order valence-corrected chi connectivity index (χ1v) is 9.04. The SMILES string of the molecule is Cc1cc(F)cc(C(=O)NC[C@H]2C[C@@H](O)CN2C(=O)c2cc(C)cc(F)c2)c1. The Balaban J connectivity index is 1.71. The van der Waals surface area contributed by atoms with Crippen LogP contribution in [0.3, 0.4) is 0 Å². The van der Waals surface area contributed by atoms with E-state index in [1.54, 1.807) is 26.0 Å². The van der Waals surface area contributed by atoms with E-state index in [0.29, 0.717) is 17.5 Å². The van der Waals surface area contributed by atoms with Gasteiger partial charge in [0.25, 0.3) is 11.8 Å². The highest BCUT2D eigenvalue weighted by atomic mass is 19.1. The number of rotatable bonds is 4. The van der Waals surface area contributed by atoms with E-state index in [2.05, 4.69) is 5.32 Å². The molecule has 0 unspecified atom stereocenters. The van der Waals surface area contributed by atoms with Crippen LogP contribution in [0.15, 0.2) is 36.4 Å². The van der Waals surface area contributed by atoms with E-state index in [1.807, 2.05) is 0 Å². The van der Waals surface area contributed by atoms with Gasteiger partial charge in [0.15, 0.2) is 0 Å². The molecule has 2 aromatic carbocycles. The fourth-order valence-electron chi connectivity index (χ4n) is 3.54. The predicted molar refractivity (Wildman–Crippen MR) is 100 cm³/mol. The van der Waals surface area contributed by atoms with Crippen LogP contribution < -0.4 is 5.32 Å². The first kappa shape index (κ1) is 19.9. The monoisotopic (exact) mass is 388 g/mol. The van der Waals surface area contributed by atoms with Crippen LogP contribution in [0.25, 0.3) is 0 Å². The zero-order valence-electron chi connectivity index (χ0n) is 15.7. The van der Waals surface area contributed by atoms with Crippen molar-refractivity contribution >= 4 is 11.8 Å². The number of β-amino-alcohol motifs (C(OH)–C–C–N with tert-alkyl or cyclic N) is 1. The minimum Gasteiger partial charge on any atom is -0.391 e. The number of hydrogen-bond acceptors (Lipinski definition) is 3. The third-order valence-corrected chi connectivity index (χ3v) is 4.74. The van der Waals surface area contributed by atoms with Crippen LogP contribution >= 0.6 is 0 Å². The Hall–Kier alpha value is -2.80. The number of hydrogen-bond donors (Lipinski definition) is 2. The molecular weight excluding hydrogens is 366 g/mol. The molecule has 1 aliphatic rings. The molecular formula is C21H22F2N2O3. The molecule has 1 saturated heterocycles. The molecule has 1 aliphatic heterocycles. The summed E-state index contributed by atoms with van der Waals surface area (Å²) in [6.07, 6.45) is -0.431. The number of carbonyl (C=O) groups excluding carboxylic acids is 2. The highest BCUT2D eigenvalue weighted by Gasteiger charge is 2.35. The number of halogens is 2. The van der Waals surface area contributed by atoms with Crippen molar-refractivity contribution in [2.75, 3.05) is 13.1 Å². The van der Waals surface area contributed by atoms with Gasteiger partial charge in [0.05, 0.1) is 12.1 Å². The fourth-order valence-corrected chi connectivity index (χ4v) is 3.54. The number of carbonyl (C=O) groups is 2. The second-order valence-corrected chi connectivity index (χ2v) is 7.25. The number of amides is 2. The molecule has 0 radical (unpaired) electrons. The Morgan fingerprint density at radius 2 is 1.61 bits per heavy atom. The Kier molecular flexibility index (Phi) is 5.74. The molecule has 0 spiro atoms. The zero-order chi connectivity index (χ0) is 20.4. The largest absolute Gasteiger partial charge is 0.391 e. The van der Waals surface area contributed by atoms with Gasteiger partial charge in [-0.3, -0.25) is 9.59 Å². The second kappa shape index (κ2) is 8.06. The van der Waals surface area contributed by atoms with E-state index < -0.39 is 35.6 Å². The summed E-state index contributed by atoms with van der Waals surface area (Å²) in [6, 6.07) is 7.67. The molecule has 7 heteroatoms. The smallest absolute Gasteiger partial charge is 0.254 e. The molecule has 5 nitrogen and oxygen atoms in total. The van der Waals surface area contributed by atoms with Gasteiger partial charge in [0.1, 0.15) is 11.6 Å². The summed E-state index contributed by atoms with van der Waals surface area (Å²) in [5.74, 6) is -1.87. The van der Waals surface area contributed by atoms with Crippen molar-refractivity contribution in [2.24, 2.45) is 0 Å². The van der Waals surface area contributed by atoms with Crippen molar-refractivity contribution in [3.8, 4) is 0 Å². The quantitative estimate of drug-likeness (QED) is 0.846. The maximum Gasteiger partial charge on any atom is 0.254 e. The van der Waals surface area contributed by atoms with Gasteiger partial charge >= 0.3 is 0 Å². The molecule has 148 valence electrons. The summed E-state index contributed by atoms with van der Waals surface area (Å²) >= 11 is 0. The molecule has 2 N–H and O–H groups in total. The van der Waals surface area contributed by atoms with Gasteiger partial charge in [-0.15, -0.1) is 0 Å². The lowest BCUT2D eigenvalue weighted by atomic mass is 10.1. The van der Waals surface area contributed by atoms with Crippen LogP contribution in [0.5, 0.6) is 0 Å². The van der Waals surface area contributed by atoms with Crippen molar-refractivity contribution in [3.05, 3.63) is 70.3 Å². The lowest BCUT2D eigenvalue weighted by Crippen LogP contribution is -2.43. The number of aryl methyl sites for hydroxylation is 2. The van der Waals surface area contributed by atoms with E-state index >= 15 is 0 Å². The lowest BCUT2D eigenvalue weighted by molar-refractivity contribution is 0.0707. The first-order valence-electron chi connectivity index (χ1n) is 9.04. The summed E-state index contributed by atoms with van der Waals surface area (Å²) < 4.78 is 27.2. The molecule has 2 atom stereocenters. The maximum atomic E-state index is 13.6. The number of nitrogens with one attached hydrogen (secondary N) is 1. The van der Waals surface area contributed by atoms with Gasteiger partial charge in [-0.1, -0.05) is 0 Å². The van der Waals surface area contributed by atoms with Gasteiger partial charge in [-0.05, 0) is 67.8 Å². The molecule has 0 aromatic heterocycles. The van der Waals surface area contributed by atoms with Gasteiger partial charge in [-0.2, -0.15) is 0 Å². The molecule has 0 aliphatic carbocycles. The minimum atomic E-state index is -0.725. The summed E-state index contributed by atoms with van der Waals surface area (Å²) in [7, 11) is 0. The first-order chi connectivity index (χ1) is 13.2. The Labute approximate surface area is 162 Å². The van der Waals surface area contributed by atoms with Crippen LogP contribution in [-0.2, 0) is 0 Å². The number of aliphatic hydroxyl groups is 1. The number of benzene rings is 2. The third kappa shape index (κ3) is 4.54. The average Bonchev–Trinajstić information content (AvgIpc) is 2.98. The van der Waals surface area contributed by atoms with E-state index in [1.165, 1.54) is 17.0 Å². The van der Waals surface area contributed by atoms with Crippen LogP contribution in [0, 0.1) is 25.5 Å². The summed E-state index contributed by atoms with van der Waals surface area (Å²) in [6.45, 7) is 3.59. The summed E-state index contributed by atoms with van der Waals surface area (Å²) in [5, 5.41) is 12.7. The Morgan fingerprint density at radius 3 is 2.21 bits per heavy atom. The molecule has 2 aromatic rings. The Morgan fingerprint density at radius 1 is 1.04 bits per heavy atom. The number of nitrogens with zero attached hydrogens (tertiary/aromatic N) is 1. The van der Waals surface area contributed by atoms with Gasteiger partial charge < -0.3 is 15.3 Å². The molecule has 3 rings (SSSR count). The topological polar surface area (TPSA) is 69.6 Å². The van der Waals surface area contributed by atoms with Gasteiger partial charge in [-0.25, -0.2) is 8.78 Å². The second-order valence-electron chi connectivity index (χ2n) is 7.25. The molecule has 1 heterocycles. The van der Waals surface area contributed by atoms with Crippen LogP contribution in [0.2, 0.25) is 0 Å². The maximum absolute atomic E-state index is 13.6. The molecule has 1 fully saturated rings. The predicted octanol–water partition coefficient (Wildman–Crippen LogP) is 2.59. The highest BCUT2D eigenvalue weighted by Crippen LogP contribution is 2.21. The normalized spacial score (nSPS) is 19.0. The number of likely N-dealkylation sites (tertiary alicyclic amines) is 1. The van der Waals surface area contributed by atoms with Crippen LogP contribution in [0.1, 0.15) is 38.3 Å². The van der Waals surface area contributed by atoms with Gasteiger partial charge in [0, 0.05) is 24.2 Å². The molecule has 28 heavy (non-hydrogen) atoms. The number of aliphatic hydroxyl groups excluding tert-OH is 1. The summed E-state index contributed by atoms with van der Waals surface area (Å²) in [4.78, 5) is 26.6. The minimum absolute atomic E-state index is 0.103. The van der Waals surface area contributed by atoms with E-state index in [0.717, 1.165) is 12.1 Å². The Bertz CT molecular complexity index is 876. The van der Waals surface area contributed by atoms with E-state index in [-0.39, 0.29) is 24.2 Å². The van der Waals surface area contributed by atoms with Crippen LogP contribution in [-0.4, -0.2) is 47.1 Å². The van der Waals surface area contributed by atoms with Crippen molar-refractivity contribution in [1.29, 1.82) is 0 Å². The zero-order valence-corrected chi connectivity index (χ0v) is 15.7.